The molecule has 0 spiro atoms. The Morgan fingerprint density at radius 2 is 1.94 bits per heavy atom. The molecule has 0 aromatic carbocycles. The van der Waals surface area contributed by atoms with Crippen molar-refractivity contribution < 1.29 is 4.52 Å². The van der Waals surface area contributed by atoms with Crippen LogP contribution in [0.1, 0.15) is 26.6 Å². The van der Waals surface area contributed by atoms with E-state index in [0.29, 0.717) is 18.0 Å². The molecule has 1 atom stereocenters. The second kappa shape index (κ2) is 5.73. The highest BCUT2D eigenvalue weighted by molar-refractivity contribution is 5.50. The zero-order valence-electron chi connectivity index (χ0n) is 10.9. The third-order valence-electron chi connectivity index (χ3n) is 2.50. The Kier molecular flexibility index (Phi) is 4.04. The van der Waals surface area contributed by atoms with E-state index in [9.17, 15) is 0 Å². The first-order valence-electron chi connectivity index (χ1n) is 6.14. The average Bonchev–Trinajstić information content (AvgIpc) is 2.77. The molecule has 2 rings (SSSR count). The highest BCUT2D eigenvalue weighted by Gasteiger charge is 2.12. The molecule has 18 heavy (non-hydrogen) atoms. The van der Waals surface area contributed by atoms with E-state index < -0.39 is 0 Å². The van der Waals surface area contributed by atoms with Crippen molar-refractivity contribution in [1.82, 2.24) is 20.4 Å². The molecule has 0 aliphatic carbocycles. The van der Waals surface area contributed by atoms with Crippen molar-refractivity contribution in [1.29, 1.82) is 0 Å². The molecular formula is C13H18N4O. The zero-order valence-corrected chi connectivity index (χ0v) is 10.9. The van der Waals surface area contributed by atoms with Crippen LogP contribution in [0.4, 0.5) is 0 Å². The third kappa shape index (κ3) is 3.37. The van der Waals surface area contributed by atoms with Gasteiger partial charge in [-0.25, -0.2) is 0 Å². The summed E-state index contributed by atoms with van der Waals surface area (Å²) in [4.78, 5) is 8.34. The van der Waals surface area contributed by atoms with Gasteiger partial charge in [0.2, 0.25) is 0 Å². The van der Waals surface area contributed by atoms with Crippen molar-refractivity contribution in [3.8, 4) is 11.5 Å². The van der Waals surface area contributed by atoms with Gasteiger partial charge >= 0.3 is 0 Å². The Morgan fingerprint density at radius 3 is 2.61 bits per heavy atom. The maximum atomic E-state index is 5.24. The second-order valence-electron chi connectivity index (χ2n) is 4.68. The number of hydrogen-bond donors (Lipinski definition) is 1. The monoisotopic (exact) mass is 246 g/mol. The van der Waals surface area contributed by atoms with Crippen molar-refractivity contribution in [3.63, 3.8) is 0 Å². The molecule has 0 fully saturated rings. The van der Waals surface area contributed by atoms with Gasteiger partial charge in [0, 0.05) is 36.5 Å². The lowest BCUT2D eigenvalue weighted by Crippen LogP contribution is -2.34. The van der Waals surface area contributed by atoms with Gasteiger partial charge in [-0.3, -0.25) is 4.98 Å². The van der Waals surface area contributed by atoms with Crippen LogP contribution in [0.2, 0.25) is 0 Å². The van der Waals surface area contributed by atoms with Crippen molar-refractivity contribution in [2.24, 2.45) is 0 Å². The molecule has 2 aromatic rings. The Balaban J connectivity index is 2.03. The molecule has 0 radical (unpaired) electrons. The summed E-state index contributed by atoms with van der Waals surface area (Å²) in [6.45, 7) is 6.35. The SMILES string of the molecule is CC(C)NC(C)Cc1noc(-c2ccncc2)n1. The summed E-state index contributed by atoms with van der Waals surface area (Å²) in [6, 6.07) is 4.49. The Bertz CT molecular complexity index is 481. The molecule has 96 valence electrons. The summed E-state index contributed by atoms with van der Waals surface area (Å²) in [7, 11) is 0. The maximum absolute atomic E-state index is 5.24. The fourth-order valence-electron chi connectivity index (χ4n) is 1.85. The fourth-order valence-corrected chi connectivity index (χ4v) is 1.85. The number of nitrogens with zero attached hydrogens (tertiary/aromatic N) is 3. The van der Waals surface area contributed by atoms with E-state index in [1.54, 1.807) is 12.4 Å². The number of hydrogen-bond acceptors (Lipinski definition) is 5. The first kappa shape index (κ1) is 12.7. The molecule has 0 bridgehead atoms. The second-order valence-corrected chi connectivity index (χ2v) is 4.68. The summed E-state index contributed by atoms with van der Waals surface area (Å²) >= 11 is 0. The fraction of sp³-hybridized carbons (Fsp3) is 0.462. The highest BCUT2D eigenvalue weighted by atomic mass is 16.5. The van der Waals surface area contributed by atoms with E-state index >= 15 is 0 Å². The minimum absolute atomic E-state index is 0.327. The van der Waals surface area contributed by atoms with Gasteiger partial charge in [-0.05, 0) is 19.1 Å². The smallest absolute Gasteiger partial charge is 0.258 e. The van der Waals surface area contributed by atoms with Crippen LogP contribution >= 0.6 is 0 Å². The minimum Gasteiger partial charge on any atom is -0.334 e. The van der Waals surface area contributed by atoms with Crippen LogP contribution in [-0.2, 0) is 6.42 Å². The van der Waals surface area contributed by atoms with Crippen molar-refractivity contribution in [2.75, 3.05) is 0 Å². The molecule has 1 N–H and O–H groups in total. The summed E-state index contributed by atoms with van der Waals surface area (Å²) in [5, 5.41) is 7.40. The highest BCUT2D eigenvalue weighted by Crippen LogP contribution is 2.15. The summed E-state index contributed by atoms with van der Waals surface area (Å²) < 4.78 is 5.24. The lowest BCUT2D eigenvalue weighted by molar-refractivity contribution is 0.412. The third-order valence-corrected chi connectivity index (χ3v) is 2.50. The van der Waals surface area contributed by atoms with E-state index in [2.05, 4.69) is 41.2 Å². The lowest BCUT2D eigenvalue weighted by Gasteiger charge is -2.14. The first-order chi connectivity index (χ1) is 8.65. The minimum atomic E-state index is 0.327. The van der Waals surface area contributed by atoms with Gasteiger partial charge in [0.15, 0.2) is 5.82 Å². The molecule has 0 saturated carbocycles. The maximum Gasteiger partial charge on any atom is 0.258 e. The quantitative estimate of drug-likeness (QED) is 0.874. The Labute approximate surface area is 107 Å². The van der Waals surface area contributed by atoms with Gasteiger partial charge < -0.3 is 9.84 Å². The van der Waals surface area contributed by atoms with Crippen molar-refractivity contribution in [2.45, 2.75) is 39.3 Å². The van der Waals surface area contributed by atoms with Gasteiger partial charge in [-0.1, -0.05) is 19.0 Å². The van der Waals surface area contributed by atoms with E-state index in [1.165, 1.54) is 0 Å². The number of pyridine rings is 1. The zero-order chi connectivity index (χ0) is 13.0. The van der Waals surface area contributed by atoms with Crippen LogP contribution in [0.15, 0.2) is 29.0 Å². The summed E-state index contributed by atoms with van der Waals surface area (Å²) in [6.07, 6.45) is 4.18. The molecule has 2 heterocycles. The van der Waals surface area contributed by atoms with E-state index in [0.717, 1.165) is 17.8 Å². The van der Waals surface area contributed by atoms with Gasteiger partial charge in [-0.15, -0.1) is 0 Å². The molecule has 0 amide bonds. The van der Waals surface area contributed by atoms with E-state index in [-0.39, 0.29) is 0 Å². The van der Waals surface area contributed by atoms with Crippen LogP contribution in [0.25, 0.3) is 11.5 Å². The summed E-state index contributed by atoms with van der Waals surface area (Å²) in [5.41, 5.74) is 0.897. The Morgan fingerprint density at radius 1 is 1.22 bits per heavy atom. The first-order valence-corrected chi connectivity index (χ1v) is 6.14. The molecule has 0 saturated heterocycles. The van der Waals surface area contributed by atoms with Gasteiger partial charge in [0.05, 0.1) is 0 Å². The van der Waals surface area contributed by atoms with Gasteiger partial charge in [0.25, 0.3) is 5.89 Å². The van der Waals surface area contributed by atoms with Gasteiger partial charge in [-0.2, -0.15) is 4.98 Å². The van der Waals surface area contributed by atoms with Crippen LogP contribution in [0.3, 0.4) is 0 Å². The normalized spacial score (nSPS) is 12.9. The molecule has 5 heteroatoms. The van der Waals surface area contributed by atoms with Crippen LogP contribution in [-0.4, -0.2) is 27.2 Å². The molecule has 1 unspecified atom stereocenters. The number of aromatic nitrogens is 3. The molecule has 5 nitrogen and oxygen atoms in total. The molecule has 2 aromatic heterocycles. The van der Waals surface area contributed by atoms with Crippen molar-refractivity contribution in [3.05, 3.63) is 30.4 Å². The Hall–Kier alpha value is -1.75. The predicted octanol–water partition coefficient (Wildman–Crippen LogP) is 2.06. The molecule has 0 aliphatic rings. The summed E-state index contributed by atoms with van der Waals surface area (Å²) in [5.74, 6) is 1.27. The van der Waals surface area contributed by atoms with Gasteiger partial charge in [0.1, 0.15) is 0 Å². The topological polar surface area (TPSA) is 63.8 Å². The number of rotatable bonds is 5. The van der Waals surface area contributed by atoms with Crippen LogP contribution < -0.4 is 5.32 Å². The standard InChI is InChI=1S/C13H18N4O/c1-9(2)15-10(3)8-12-16-13(18-17-12)11-4-6-14-7-5-11/h4-7,9-10,15H,8H2,1-3H3. The predicted molar refractivity (Wildman–Crippen MR) is 69.0 cm³/mol. The molecule has 0 aliphatic heterocycles. The lowest BCUT2D eigenvalue weighted by atomic mass is 10.2. The van der Waals surface area contributed by atoms with E-state index in [4.69, 9.17) is 4.52 Å². The van der Waals surface area contributed by atoms with Crippen LogP contribution in [0, 0.1) is 0 Å². The molecular weight excluding hydrogens is 228 g/mol. The van der Waals surface area contributed by atoms with Crippen molar-refractivity contribution >= 4 is 0 Å². The largest absolute Gasteiger partial charge is 0.334 e. The average molecular weight is 246 g/mol. The number of nitrogens with one attached hydrogen (secondary N) is 1. The van der Waals surface area contributed by atoms with E-state index in [1.807, 2.05) is 12.1 Å². The van der Waals surface area contributed by atoms with Crippen LogP contribution in [0.5, 0.6) is 0 Å².